The van der Waals surface area contributed by atoms with Gasteiger partial charge in [-0.1, -0.05) is 18.2 Å². The standard InChI is InChI=1S/C21H25N3O5S/c1-17(21(26)23-14-12-22(16-25)13-15-23)24(30(2,27)28)18-8-10-20(11-9-18)29-19-6-4-3-5-7-19/h3-11,16-17H,12-15H2,1-2H3/t17-/m0/s1. The van der Waals surface area contributed by atoms with Crippen LogP contribution < -0.4 is 9.04 Å². The second-order valence-corrected chi connectivity index (χ2v) is 8.97. The lowest BCUT2D eigenvalue weighted by atomic mass is 10.2. The molecule has 9 heteroatoms. The van der Waals surface area contributed by atoms with Gasteiger partial charge in [-0.15, -0.1) is 0 Å². The fraction of sp³-hybridized carbons (Fsp3) is 0.333. The van der Waals surface area contributed by atoms with E-state index in [-0.39, 0.29) is 5.91 Å². The third-order valence-corrected chi connectivity index (χ3v) is 6.15. The average molecular weight is 432 g/mol. The first-order valence-corrected chi connectivity index (χ1v) is 11.4. The minimum absolute atomic E-state index is 0.296. The zero-order chi connectivity index (χ0) is 21.7. The summed E-state index contributed by atoms with van der Waals surface area (Å²) in [5.41, 5.74) is 0.380. The van der Waals surface area contributed by atoms with Crippen molar-refractivity contribution in [3.8, 4) is 11.5 Å². The van der Waals surface area contributed by atoms with Gasteiger partial charge in [-0.25, -0.2) is 8.42 Å². The van der Waals surface area contributed by atoms with E-state index in [4.69, 9.17) is 4.74 Å². The van der Waals surface area contributed by atoms with Gasteiger partial charge in [0.25, 0.3) is 0 Å². The van der Waals surface area contributed by atoms with E-state index in [0.29, 0.717) is 43.4 Å². The molecule has 2 aromatic rings. The predicted molar refractivity (Wildman–Crippen MR) is 114 cm³/mol. The van der Waals surface area contributed by atoms with Gasteiger partial charge in [0.15, 0.2) is 0 Å². The number of para-hydroxylation sites is 1. The highest BCUT2D eigenvalue weighted by Crippen LogP contribution is 2.27. The van der Waals surface area contributed by atoms with Gasteiger partial charge in [0, 0.05) is 26.2 Å². The highest BCUT2D eigenvalue weighted by atomic mass is 32.2. The summed E-state index contributed by atoms with van der Waals surface area (Å²) in [5.74, 6) is 0.932. The number of nitrogens with zero attached hydrogens (tertiary/aromatic N) is 3. The van der Waals surface area contributed by atoms with Gasteiger partial charge in [-0.3, -0.25) is 13.9 Å². The SMILES string of the molecule is C[C@@H](C(=O)N1CCN(C=O)CC1)N(c1ccc(Oc2ccccc2)cc1)S(C)(=O)=O. The third-order valence-electron chi connectivity index (χ3n) is 4.91. The van der Waals surface area contributed by atoms with Crippen molar-refractivity contribution in [3.05, 3.63) is 54.6 Å². The number of ether oxygens (including phenoxy) is 1. The molecular weight excluding hydrogens is 406 g/mol. The molecule has 0 spiro atoms. The summed E-state index contributed by atoms with van der Waals surface area (Å²) >= 11 is 0. The fourth-order valence-electron chi connectivity index (χ4n) is 3.40. The van der Waals surface area contributed by atoms with Crippen LogP contribution >= 0.6 is 0 Å². The van der Waals surface area contributed by atoms with Crippen LogP contribution in [-0.2, 0) is 19.6 Å². The number of piperazine rings is 1. The molecule has 30 heavy (non-hydrogen) atoms. The Labute approximate surface area is 176 Å². The van der Waals surface area contributed by atoms with E-state index in [2.05, 4.69) is 0 Å². The number of anilines is 1. The maximum Gasteiger partial charge on any atom is 0.246 e. The largest absolute Gasteiger partial charge is 0.457 e. The molecule has 1 aliphatic rings. The molecule has 0 aliphatic carbocycles. The number of carbonyl (C=O) groups excluding carboxylic acids is 2. The molecule has 1 atom stereocenters. The smallest absolute Gasteiger partial charge is 0.246 e. The normalized spacial score (nSPS) is 15.4. The lowest BCUT2D eigenvalue weighted by Crippen LogP contribution is -2.55. The minimum atomic E-state index is -3.71. The Kier molecular flexibility index (Phi) is 6.61. The number of carbonyl (C=O) groups is 2. The summed E-state index contributed by atoms with van der Waals surface area (Å²) in [5, 5.41) is 0. The molecule has 160 valence electrons. The Morgan fingerprint density at radius 3 is 2.10 bits per heavy atom. The van der Waals surface area contributed by atoms with E-state index >= 15 is 0 Å². The maximum absolute atomic E-state index is 13.0. The van der Waals surface area contributed by atoms with Crippen molar-refractivity contribution in [1.82, 2.24) is 9.80 Å². The molecule has 0 N–H and O–H groups in total. The molecule has 2 amide bonds. The molecule has 0 radical (unpaired) electrons. The molecule has 0 saturated carbocycles. The molecule has 0 bridgehead atoms. The Morgan fingerprint density at radius 1 is 1.00 bits per heavy atom. The highest BCUT2D eigenvalue weighted by molar-refractivity contribution is 7.92. The topological polar surface area (TPSA) is 87.2 Å². The summed E-state index contributed by atoms with van der Waals surface area (Å²) in [7, 11) is -3.71. The lowest BCUT2D eigenvalue weighted by Gasteiger charge is -2.36. The second-order valence-electron chi connectivity index (χ2n) is 7.11. The van der Waals surface area contributed by atoms with E-state index in [9.17, 15) is 18.0 Å². The van der Waals surface area contributed by atoms with Gasteiger partial charge in [0.05, 0.1) is 11.9 Å². The Hall–Kier alpha value is -3.07. The molecule has 1 heterocycles. The highest BCUT2D eigenvalue weighted by Gasteiger charge is 2.33. The van der Waals surface area contributed by atoms with Crippen molar-refractivity contribution >= 4 is 28.0 Å². The predicted octanol–water partition coefficient (Wildman–Crippen LogP) is 1.93. The molecule has 0 unspecified atom stereocenters. The van der Waals surface area contributed by atoms with Crippen LogP contribution in [-0.4, -0.2) is 69.0 Å². The van der Waals surface area contributed by atoms with Gasteiger partial charge < -0.3 is 14.5 Å². The maximum atomic E-state index is 13.0. The van der Waals surface area contributed by atoms with E-state index in [1.807, 2.05) is 30.3 Å². The van der Waals surface area contributed by atoms with Gasteiger partial charge in [-0.05, 0) is 43.3 Å². The molecule has 3 rings (SSSR count). The number of hydrogen-bond acceptors (Lipinski definition) is 5. The van der Waals surface area contributed by atoms with E-state index < -0.39 is 16.1 Å². The van der Waals surface area contributed by atoms with Crippen molar-refractivity contribution in [2.24, 2.45) is 0 Å². The zero-order valence-electron chi connectivity index (χ0n) is 17.0. The second kappa shape index (κ2) is 9.17. The van der Waals surface area contributed by atoms with E-state index in [1.165, 1.54) is 0 Å². The Balaban J connectivity index is 1.77. The number of sulfonamides is 1. The van der Waals surface area contributed by atoms with Gasteiger partial charge in [0.1, 0.15) is 17.5 Å². The van der Waals surface area contributed by atoms with Crippen LogP contribution in [0.5, 0.6) is 11.5 Å². The van der Waals surface area contributed by atoms with E-state index in [1.54, 1.807) is 41.0 Å². The molecule has 1 fully saturated rings. The molecular formula is C21H25N3O5S. The summed E-state index contributed by atoms with van der Waals surface area (Å²) in [6.45, 7) is 3.20. The summed E-state index contributed by atoms with van der Waals surface area (Å²) in [6, 6.07) is 14.9. The van der Waals surface area contributed by atoms with Crippen LogP contribution in [0.4, 0.5) is 5.69 Å². The Morgan fingerprint density at radius 2 is 1.57 bits per heavy atom. The average Bonchev–Trinajstić information content (AvgIpc) is 2.74. The lowest BCUT2D eigenvalue weighted by molar-refractivity contribution is -0.135. The van der Waals surface area contributed by atoms with Gasteiger partial charge in [0.2, 0.25) is 22.3 Å². The van der Waals surface area contributed by atoms with Crippen LogP contribution in [0.1, 0.15) is 6.92 Å². The van der Waals surface area contributed by atoms with Crippen LogP contribution in [0.15, 0.2) is 54.6 Å². The van der Waals surface area contributed by atoms with Crippen LogP contribution in [0, 0.1) is 0 Å². The first kappa shape index (κ1) is 21.6. The summed E-state index contributed by atoms with van der Waals surface area (Å²) < 4.78 is 31.9. The molecule has 1 saturated heterocycles. The number of amides is 2. The van der Waals surface area contributed by atoms with Crippen LogP contribution in [0.25, 0.3) is 0 Å². The van der Waals surface area contributed by atoms with Crippen molar-refractivity contribution in [3.63, 3.8) is 0 Å². The zero-order valence-corrected chi connectivity index (χ0v) is 17.8. The molecule has 1 aliphatic heterocycles. The van der Waals surface area contributed by atoms with Crippen molar-refractivity contribution in [2.75, 3.05) is 36.7 Å². The quantitative estimate of drug-likeness (QED) is 0.625. The number of rotatable bonds is 7. The first-order chi connectivity index (χ1) is 14.3. The molecule has 2 aromatic carbocycles. The van der Waals surface area contributed by atoms with Crippen molar-refractivity contribution in [1.29, 1.82) is 0 Å². The fourth-order valence-corrected chi connectivity index (χ4v) is 4.57. The number of hydrogen-bond donors (Lipinski definition) is 0. The molecule has 0 aromatic heterocycles. The summed E-state index contributed by atoms with van der Waals surface area (Å²) in [4.78, 5) is 27.0. The number of benzene rings is 2. The van der Waals surface area contributed by atoms with E-state index in [0.717, 1.165) is 17.0 Å². The van der Waals surface area contributed by atoms with Crippen molar-refractivity contribution in [2.45, 2.75) is 13.0 Å². The summed E-state index contributed by atoms with van der Waals surface area (Å²) in [6.07, 6.45) is 1.84. The van der Waals surface area contributed by atoms with Gasteiger partial charge in [-0.2, -0.15) is 0 Å². The third kappa shape index (κ3) is 5.10. The van der Waals surface area contributed by atoms with Gasteiger partial charge >= 0.3 is 0 Å². The Bertz CT molecular complexity index is 971. The van der Waals surface area contributed by atoms with Crippen molar-refractivity contribution < 1.29 is 22.7 Å². The molecule has 8 nitrogen and oxygen atoms in total. The first-order valence-electron chi connectivity index (χ1n) is 9.60. The minimum Gasteiger partial charge on any atom is -0.457 e. The van der Waals surface area contributed by atoms with Crippen LogP contribution in [0.2, 0.25) is 0 Å². The van der Waals surface area contributed by atoms with Crippen LogP contribution in [0.3, 0.4) is 0 Å². The monoisotopic (exact) mass is 431 g/mol.